The van der Waals surface area contributed by atoms with Gasteiger partial charge in [0.05, 0.1) is 0 Å². The van der Waals surface area contributed by atoms with Gasteiger partial charge in [-0.15, -0.1) is 0 Å². The van der Waals surface area contributed by atoms with Crippen LogP contribution in [0, 0.1) is 0 Å². The third-order valence-electron chi connectivity index (χ3n) is 1.63. The zero-order valence-electron chi connectivity index (χ0n) is 8.70. The van der Waals surface area contributed by atoms with E-state index in [1.807, 2.05) is 32.9 Å². The molecular formula is C11H17NO. The molecule has 2 nitrogen and oxygen atoms in total. The van der Waals surface area contributed by atoms with E-state index in [0.717, 1.165) is 11.3 Å². The molecule has 2 heteroatoms. The first-order valence-electron chi connectivity index (χ1n) is 4.47. The van der Waals surface area contributed by atoms with E-state index in [-0.39, 0.29) is 5.75 Å². The van der Waals surface area contributed by atoms with Crippen LogP contribution >= 0.6 is 0 Å². The summed E-state index contributed by atoms with van der Waals surface area (Å²) in [6, 6.07) is 7.17. The summed E-state index contributed by atoms with van der Waals surface area (Å²) in [7, 11) is 1.71. The molecule has 13 heavy (non-hydrogen) atoms. The number of para-hydroxylation sites is 1. The van der Waals surface area contributed by atoms with Crippen molar-refractivity contribution < 1.29 is 5.11 Å². The van der Waals surface area contributed by atoms with Crippen LogP contribution in [0.2, 0.25) is 0 Å². The molecule has 0 fully saturated rings. The van der Waals surface area contributed by atoms with Crippen molar-refractivity contribution in [2.75, 3.05) is 7.05 Å². The van der Waals surface area contributed by atoms with Gasteiger partial charge >= 0.3 is 0 Å². The normalized spacial score (nSPS) is 10.3. The lowest BCUT2D eigenvalue weighted by Crippen LogP contribution is -1.93. The summed E-state index contributed by atoms with van der Waals surface area (Å²) in [5.41, 5.74) is 1.65. The van der Waals surface area contributed by atoms with Crippen molar-refractivity contribution in [2.45, 2.75) is 20.8 Å². The molecule has 0 heterocycles. The van der Waals surface area contributed by atoms with Crippen molar-refractivity contribution in [3.63, 3.8) is 0 Å². The molecule has 1 aromatic rings. The lowest BCUT2D eigenvalue weighted by molar-refractivity contribution is 0.474. The summed E-state index contributed by atoms with van der Waals surface area (Å²) < 4.78 is 0. The second-order valence-electron chi connectivity index (χ2n) is 2.33. The Bertz CT molecular complexity index is 279. The molecule has 1 aromatic carbocycles. The van der Waals surface area contributed by atoms with E-state index in [4.69, 9.17) is 0 Å². The van der Waals surface area contributed by atoms with Gasteiger partial charge in [0, 0.05) is 18.3 Å². The molecule has 0 aromatic heterocycles. The minimum atomic E-state index is 0.288. The first kappa shape index (κ1) is 11.7. The minimum absolute atomic E-state index is 0.288. The molecule has 0 radical (unpaired) electrons. The second-order valence-corrected chi connectivity index (χ2v) is 2.33. The standard InChI is InChI=1S/C9H11NO.C2H6/c1-7(10-2)8-5-3-4-6-9(8)11;1-2/h3-6,11H,1-2H3;1-2H3. The number of hydrogen-bond donors (Lipinski definition) is 1. The Labute approximate surface area is 80.0 Å². The number of rotatable bonds is 1. The third-order valence-corrected chi connectivity index (χ3v) is 1.63. The zero-order valence-corrected chi connectivity index (χ0v) is 8.70. The van der Waals surface area contributed by atoms with Gasteiger partial charge in [0.15, 0.2) is 0 Å². The summed E-state index contributed by atoms with van der Waals surface area (Å²) in [5, 5.41) is 9.33. The Morgan fingerprint density at radius 2 is 1.77 bits per heavy atom. The Hall–Kier alpha value is -1.31. The molecule has 0 aliphatic rings. The molecule has 1 N–H and O–H groups in total. The fourth-order valence-corrected chi connectivity index (χ4v) is 0.900. The largest absolute Gasteiger partial charge is 0.507 e. The van der Waals surface area contributed by atoms with Crippen LogP contribution in [0.25, 0.3) is 0 Å². The molecule has 0 spiro atoms. The van der Waals surface area contributed by atoms with Crippen LogP contribution in [-0.4, -0.2) is 17.9 Å². The Morgan fingerprint density at radius 1 is 1.23 bits per heavy atom. The van der Waals surface area contributed by atoms with E-state index >= 15 is 0 Å². The summed E-state index contributed by atoms with van der Waals surface area (Å²) in [6.07, 6.45) is 0. The molecule has 1 rings (SSSR count). The molecule has 0 bridgehead atoms. The topological polar surface area (TPSA) is 32.6 Å². The van der Waals surface area contributed by atoms with Gasteiger partial charge in [-0.05, 0) is 19.1 Å². The van der Waals surface area contributed by atoms with Crippen LogP contribution in [0.5, 0.6) is 5.75 Å². The minimum Gasteiger partial charge on any atom is -0.507 e. The van der Waals surface area contributed by atoms with Gasteiger partial charge in [0.2, 0.25) is 0 Å². The van der Waals surface area contributed by atoms with Gasteiger partial charge < -0.3 is 5.11 Å². The molecule has 0 aliphatic heterocycles. The Kier molecular flexibility index (Phi) is 5.60. The Balaban J connectivity index is 0.000000671. The number of hydrogen-bond acceptors (Lipinski definition) is 2. The van der Waals surface area contributed by atoms with Gasteiger partial charge in [-0.3, -0.25) is 4.99 Å². The van der Waals surface area contributed by atoms with E-state index in [1.54, 1.807) is 19.2 Å². The van der Waals surface area contributed by atoms with Crippen molar-refractivity contribution >= 4 is 5.71 Å². The molecule has 0 aliphatic carbocycles. The second kappa shape index (κ2) is 6.23. The average molecular weight is 179 g/mol. The zero-order chi connectivity index (χ0) is 10.3. The quantitative estimate of drug-likeness (QED) is 0.660. The monoisotopic (exact) mass is 179 g/mol. The maximum absolute atomic E-state index is 9.33. The van der Waals surface area contributed by atoms with E-state index in [9.17, 15) is 5.11 Å². The van der Waals surface area contributed by atoms with Gasteiger partial charge in [-0.2, -0.15) is 0 Å². The van der Waals surface area contributed by atoms with Crippen molar-refractivity contribution in [1.29, 1.82) is 0 Å². The lowest BCUT2D eigenvalue weighted by Gasteiger charge is -2.00. The first-order valence-corrected chi connectivity index (χ1v) is 4.47. The fourth-order valence-electron chi connectivity index (χ4n) is 0.900. The third kappa shape index (κ3) is 3.28. The molecule has 72 valence electrons. The number of phenolic OH excluding ortho intramolecular Hbond substituents is 1. The predicted molar refractivity (Wildman–Crippen MR) is 57.6 cm³/mol. The van der Waals surface area contributed by atoms with Gasteiger partial charge in [0.25, 0.3) is 0 Å². The lowest BCUT2D eigenvalue weighted by atomic mass is 10.1. The maximum Gasteiger partial charge on any atom is 0.124 e. The fraction of sp³-hybridized carbons (Fsp3) is 0.364. The maximum atomic E-state index is 9.33. The van der Waals surface area contributed by atoms with E-state index in [0.29, 0.717) is 0 Å². The summed E-state index contributed by atoms with van der Waals surface area (Å²) >= 11 is 0. The number of phenols is 1. The molecule has 0 atom stereocenters. The van der Waals surface area contributed by atoms with Crippen LogP contribution in [0.15, 0.2) is 29.3 Å². The summed E-state index contributed by atoms with van der Waals surface area (Å²) in [4.78, 5) is 3.98. The van der Waals surface area contributed by atoms with Crippen LogP contribution in [0.3, 0.4) is 0 Å². The number of benzene rings is 1. The van der Waals surface area contributed by atoms with Crippen molar-refractivity contribution in [1.82, 2.24) is 0 Å². The molecule has 0 saturated carbocycles. The summed E-state index contributed by atoms with van der Waals surface area (Å²) in [5.74, 6) is 0.288. The Morgan fingerprint density at radius 3 is 2.23 bits per heavy atom. The highest BCUT2D eigenvalue weighted by Gasteiger charge is 2.00. The van der Waals surface area contributed by atoms with Gasteiger partial charge in [-0.25, -0.2) is 0 Å². The van der Waals surface area contributed by atoms with Crippen molar-refractivity contribution in [3.05, 3.63) is 29.8 Å². The van der Waals surface area contributed by atoms with Crippen molar-refractivity contribution in [3.8, 4) is 5.75 Å². The molecular weight excluding hydrogens is 162 g/mol. The highest BCUT2D eigenvalue weighted by Crippen LogP contribution is 2.15. The number of aliphatic imine (C=N–C) groups is 1. The van der Waals surface area contributed by atoms with E-state index in [2.05, 4.69) is 4.99 Å². The predicted octanol–water partition coefficient (Wildman–Crippen LogP) is 2.86. The molecule has 0 unspecified atom stereocenters. The van der Waals surface area contributed by atoms with Crippen LogP contribution in [0.4, 0.5) is 0 Å². The van der Waals surface area contributed by atoms with Crippen LogP contribution in [-0.2, 0) is 0 Å². The summed E-state index contributed by atoms with van der Waals surface area (Å²) in [6.45, 7) is 5.87. The molecule has 0 saturated heterocycles. The van der Waals surface area contributed by atoms with E-state index in [1.165, 1.54) is 0 Å². The molecule has 0 amide bonds. The van der Waals surface area contributed by atoms with Crippen LogP contribution in [0.1, 0.15) is 26.3 Å². The van der Waals surface area contributed by atoms with E-state index < -0.39 is 0 Å². The highest BCUT2D eigenvalue weighted by atomic mass is 16.3. The van der Waals surface area contributed by atoms with Crippen LogP contribution < -0.4 is 0 Å². The van der Waals surface area contributed by atoms with Crippen molar-refractivity contribution in [2.24, 2.45) is 4.99 Å². The number of nitrogens with zero attached hydrogens (tertiary/aromatic N) is 1. The van der Waals surface area contributed by atoms with Gasteiger partial charge in [-0.1, -0.05) is 26.0 Å². The number of aromatic hydroxyl groups is 1. The average Bonchev–Trinajstić information content (AvgIpc) is 2.20. The SMILES string of the molecule is CC.CN=C(C)c1ccccc1O. The van der Waals surface area contributed by atoms with Gasteiger partial charge in [0.1, 0.15) is 5.75 Å². The first-order chi connectivity index (χ1) is 6.25. The highest BCUT2D eigenvalue weighted by molar-refractivity contribution is 6.00. The smallest absolute Gasteiger partial charge is 0.124 e.